The maximum absolute atomic E-state index is 8.65. The molecule has 0 amide bonds. The molecule has 0 saturated carbocycles. The minimum absolute atomic E-state index is 0.110. The first kappa shape index (κ1) is 17.3. The smallest absolute Gasteiger partial charge is 0.283 e. The first-order chi connectivity index (χ1) is 10.4. The summed E-state index contributed by atoms with van der Waals surface area (Å²) < 4.78 is 7.83. The summed E-state index contributed by atoms with van der Waals surface area (Å²) in [5, 5.41) is 9.73. The average Bonchev–Trinajstić information content (AvgIpc) is 2.86. The molecule has 0 fully saturated rings. The van der Waals surface area contributed by atoms with Gasteiger partial charge in [0, 0.05) is 32.5 Å². The Kier molecular flexibility index (Phi) is 5.91. The van der Waals surface area contributed by atoms with Crippen molar-refractivity contribution < 1.29 is 14.8 Å². The van der Waals surface area contributed by atoms with Crippen LogP contribution in [0.25, 0.3) is 11.0 Å². The van der Waals surface area contributed by atoms with Crippen LogP contribution in [0.5, 0.6) is 0 Å². The Labute approximate surface area is 134 Å². The molecule has 2 aromatic heterocycles. The monoisotopic (exact) mass is 316 g/mol. The quantitative estimate of drug-likeness (QED) is 0.334. The van der Waals surface area contributed by atoms with E-state index in [1.807, 2.05) is 30.6 Å². The highest BCUT2D eigenvalue weighted by atomic mass is 28.3. The number of rotatable bonds is 8. The van der Waals surface area contributed by atoms with E-state index >= 15 is 0 Å². The molecule has 0 aliphatic heterocycles. The van der Waals surface area contributed by atoms with E-state index in [0.29, 0.717) is 6.73 Å². The van der Waals surface area contributed by atoms with Crippen molar-refractivity contribution in [2.24, 2.45) is 0 Å². The number of fused-ring (bicyclic) bond motifs is 1. The van der Waals surface area contributed by atoms with Gasteiger partial charge in [-0.3, -0.25) is 5.26 Å². The molecule has 1 N–H and O–H groups in total. The molecule has 2 heterocycles. The maximum Gasteiger partial charge on any atom is 0.283 e. The summed E-state index contributed by atoms with van der Waals surface area (Å²) in [6.45, 7) is 8.47. The zero-order valence-corrected chi connectivity index (χ0v) is 14.9. The number of aromatic nitrogens is 2. The number of pyridine rings is 1. The summed E-state index contributed by atoms with van der Waals surface area (Å²) >= 11 is 0. The summed E-state index contributed by atoms with van der Waals surface area (Å²) in [5.41, 5.74) is 2.04. The number of ether oxygens (including phenoxy) is 1. The lowest BCUT2D eigenvalue weighted by Crippen LogP contribution is -2.39. The fraction of sp³-hybridized carbons (Fsp3) is 0.462. The van der Waals surface area contributed by atoms with Crippen molar-refractivity contribution in [1.29, 1.82) is 0 Å². The summed E-state index contributed by atoms with van der Waals surface area (Å²) in [6, 6.07) is 5.19. The van der Waals surface area contributed by atoms with Crippen molar-refractivity contribution in [3.63, 3.8) is 0 Å². The van der Waals surface area contributed by atoms with Gasteiger partial charge in [-0.1, -0.05) is 31.2 Å². The van der Waals surface area contributed by atoms with E-state index < -0.39 is 8.07 Å². The lowest BCUT2D eigenvalue weighted by Gasteiger charge is -2.15. The molecule has 0 aromatic carbocycles. The third-order valence-electron chi connectivity index (χ3n) is 3.78. The van der Waals surface area contributed by atoms with E-state index in [-0.39, 0.29) is 13.9 Å². The van der Waals surface area contributed by atoms with Gasteiger partial charge in [-0.2, -0.15) is 0 Å². The van der Waals surface area contributed by atoms with Crippen molar-refractivity contribution >= 4 is 46.2 Å². The second-order valence-electron chi connectivity index (χ2n) is 6.97. The van der Waals surface area contributed by atoms with Crippen LogP contribution in [0, 0.1) is 0 Å². The molecule has 0 saturated heterocycles. The van der Waals surface area contributed by atoms with E-state index in [1.165, 1.54) is 0 Å². The summed E-state index contributed by atoms with van der Waals surface area (Å²) in [7, 11) is 1.24. The fourth-order valence-electron chi connectivity index (χ4n) is 2.39. The Bertz CT molecular complexity index is 618. The predicted octanol–water partition coefficient (Wildman–Crippen LogP) is 0.518. The molecule has 2 rings (SSSR count). The topological polar surface area (TPSA) is 56.5 Å². The average molecular weight is 316 g/mol. The van der Waals surface area contributed by atoms with Crippen molar-refractivity contribution in [3.05, 3.63) is 24.5 Å². The van der Waals surface area contributed by atoms with Crippen LogP contribution in [0.2, 0.25) is 25.7 Å². The van der Waals surface area contributed by atoms with Gasteiger partial charge in [0.25, 0.3) is 7.37 Å². The summed E-state index contributed by atoms with van der Waals surface area (Å²) in [6.07, 6.45) is 3.80. The fourth-order valence-corrected chi connectivity index (χ4v) is 3.14. The Hall–Kier alpha value is -1.02. The molecule has 0 atom stereocenters. The normalized spacial score (nSPS) is 11.8. The number of hydrogen-bond acceptors (Lipinski definition) is 4. The second kappa shape index (κ2) is 7.50. The molecule has 116 valence electrons. The summed E-state index contributed by atoms with van der Waals surface area (Å²) in [4.78, 5) is 8.74. The van der Waals surface area contributed by atoms with Crippen LogP contribution in [0.1, 0.15) is 0 Å². The molecule has 5 nitrogen and oxygen atoms in total. The van der Waals surface area contributed by atoms with E-state index in [2.05, 4.69) is 29.4 Å². The first-order valence-corrected chi connectivity index (χ1v) is 11.4. The molecule has 9 heteroatoms. The Morgan fingerprint density at radius 1 is 1.41 bits per heavy atom. The molecular weight excluding hydrogens is 293 g/mol. The lowest BCUT2D eigenvalue weighted by atomic mass is 9.14. The van der Waals surface area contributed by atoms with Gasteiger partial charge in [0.2, 0.25) is 0 Å². The van der Waals surface area contributed by atoms with Crippen molar-refractivity contribution in [2.45, 2.75) is 32.4 Å². The Balaban J connectivity index is 2.08. The van der Waals surface area contributed by atoms with Crippen LogP contribution in [-0.4, -0.2) is 51.1 Å². The molecule has 22 heavy (non-hydrogen) atoms. The van der Waals surface area contributed by atoms with Crippen LogP contribution in [0.3, 0.4) is 0 Å². The molecule has 0 radical (unpaired) electrons. The highest BCUT2D eigenvalue weighted by molar-refractivity contribution is 7.39. The number of hydrogen-bond donors (Lipinski definition) is 1. The highest BCUT2D eigenvalue weighted by Crippen LogP contribution is 2.13. The van der Waals surface area contributed by atoms with Gasteiger partial charge in [0.05, 0.1) is 7.74 Å². The molecule has 0 unspecified atom stereocenters. The van der Waals surface area contributed by atoms with Gasteiger partial charge in [0.1, 0.15) is 18.9 Å². The van der Waals surface area contributed by atoms with Gasteiger partial charge in [-0.05, 0) is 12.1 Å². The predicted molar refractivity (Wildman–Crippen MR) is 98.6 cm³/mol. The standard InChI is InChI=1S/C13H23B3N2O3Si/c1-22(2,3)9-8-20-10-18-7-5-11-12(16(14)15-21-19)4-6-17-13(11)18/h4-7,15,19H,8-10,14H2,1-3H3. The van der Waals surface area contributed by atoms with Gasteiger partial charge >= 0.3 is 0 Å². The zero-order valence-electron chi connectivity index (χ0n) is 13.9. The van der Waals surface area contributed by atoms with Gasteiger partial charge < -0.3 is 14.1 Å². The van der Waals surface area contributed by atoms with Crippen molar-refractivity contribution in [1.82, 2.24) is 9.55 Å². The second-order valence-corrected chi connectivity index (χ2v) is 12.6. The van der Waals surface area contributed by atoms with E-state index in [1.54, 1.807) is 6.20 Å². The third-order valence-corrected chi connectivity index (χ3v) is 5.48. The maximum atomic E-state index is 8.65. The van der Waals surface area contributed by atoms with Crippen LogP contribution in [0.4, 0.5) is 0 Å². The van der Waals surface area contributed by atoms with E-state index in [4.69, 9.17) is 9.99 Å². The molecule has 2 aromatic rings. The number of nitrogens with zero attached hydrogens (tertiary/aromatic N) is 2. The molecule has 0 spiro atoms. The van der Waals surface area contributed by atoms with Crippen molar-refractivity contribution in [2.75, 3.05) is 6.61 Å². The third kappa shape index (κ3) is 4.49. The van der Waals surface area contributed by atoms with E-state index in [9.17, 15) is 0 Å². The highest BCUT2D eigenvalue weighted by Gasteiger charge is 2.17. The van der Waals surface area contributed by atoms with Crippen LogP contribution in [-0.2, 0) is 16.3 Å². The lowest BCUT2D eigenvalue weighted by molar-refractivity contribution is -0.134. The Morgan fingerprint density at radius 2 is 2.18 bits per heavy atom. The molecular formula is C13H23B3N2O3Si. The van der Waals surface area contributed by atoms with Crippen LogP contribution < -0.4 is 5.46 Å². The molecule has 0 aliphatic carbocycles. The minimum Gasteiger partial charge on any atom is -0.361 e. The van der Waals surface area contributed by atoms with E-state index in [0.717, 1.165) is 29.1 Å². The van der Waals surface area contributed by atoms with Gasteiger partial charge in [0.15, 0.2) is 0 Å². The van der Waals surface area contributed by atoms with Gasteiger partial charge in [-0.25, -0.2) is 4.98 Å². The zero-order chi connectivity index (χ0) is 16.2. The van der Waals surface area contributed by atoms with Crippen molar-refractivity contribution in [3.8, 4) is 0 Å². The summed E-state index contributed by atoms with van der Waals surface area (Å²) in [5.74, 6) is 0. The first-order valence-electron chi connectivity index (χ1n) is 7.70. The minimum atomic E-state index is -1.05. The largest absolute Gasteiger partial charge is 0.361 e. The molecule has 0 aliphatic rings. The molecule has 0 bridgehead atoms. The van der Waals surface area contributed by atoms with Crippen LogP contribution >= 0.6 is 0 Å². The van der Waals surface area contributed by atoms with Crippen LogP contribution in [0.15, 0.2) is 24.5 Å². The Morgan fingerprint density at radius 3 is 2.86 bits per heavy atom. The van der Waals surface area contributed by atoms with Gasteiger partial charge in [-0.15, -0.1) is 0 Å². The SMILES string of the molecule is BB(BOO)c1ccnc2c1ccn2COCC[Si](C)(C)C.